The monoisotopic (exact) mass is 383 g/mol. The van der Waals surface area contributed by atoms with Crippen molar-refractivity contribution in [1.29, 1.82) is 0 Å². The van der Waals surface area contributed by atoms with Crippen LogP contribution in [0.1, 0.15) is 18.1 Å². The summed E-state index contributed by atoms with van der Waals surface area (Å²) in [6.45, 7) is 2.12. The van der Waals surface area contributed by atoms with Crippen molar-refractivity contribution in [3.8, 4) is 11.5 Å². The molecule has 3 rings (SSSR count). The molecule has 0 radical (unpaired) electrons. The lowest BCUT2D eigenvalue weighted by Gasteiger charge is -2.17. The lowest BCUT2D eigenvalue weighted by molar-refractivity contribution is -0.137. The molecular formula is C21H21NO4S. The zero-order valence-electron chi connectivity index (χ0n) is 15.5. The van der Waals surface area contributed by atoms with Gasteiger partial charge in [-0.2, -0.15) is 0 Å². The minimum atomic E-state index is -0.314. The number of amides is 2. The van der Waals surface area contributed by atoms with Gasteiger partial charge in [0.15, 0.2) is 0 Å². The van der Waals surface area contributed by atoms with Crippen LogP contribution in [0.3, 0.4) is 0 Å². The molecule has 0 aromatic heterocycles. The summed E-state index contributed by atoms with van der Waals surface area (Å²) in [6.07, 6.45) is 0. The van der Waals surface area contributed by atoms with Crippen LogP contribution in [-0.4, -0.2) is 36.7 Å². The Hall–Kier alpha value is -2.73. The van der Waals surface area contributed by atoms with Crippen LogP contribution in [0.2, 0.25) is 0 Å². The fourth-order valence-corrected chi connectivity index (χ4v) is 3.93. The largest absolute Gasteiger partial charge is 0.496 e. The highest BCUT2D eigenvalue weighted by Crippen LogP contribution is 2.40. The Bertz CT molecular complexity index is 907. The van der Waals surface area contributed by atoms with Crippen molar-refractivity contribution in [1.82, 2.24) is 4.90 Å². The van der Waals surface area contributed by atoms with Gasteiger partial charge in [0.2, 0.25) is 0 Å². The van der Waals surface area contributed by atoms with Gasteiger partial charge in [-0.25, -0.2) is 0 Å². The number of methoxy groups -OCH3 is 2. The number of ether oxygens (including phenoxy) is 2. The van der Waals surface area contributed by atoms with Crippen molar-refractivity contribution in [2.75, 3.05) is 20.0 Å². The van der Waals surface area contributed by atoms with E-state index in [9.17, 15) is 9.59 Å². The predicted octanol–water partition coefficient (Wildman–Crippen LogP) is 3.74. The van der Waals surface area contributed by atoms with Crippen LogP contribution in [0.25, 0.3) is 5.57 Å². The van der Waals surface area contributed by atoms with Crippen LogP contribution in [0.4, 0.5) is 0 Å². The molecule has 140 valence electrons. The van der Waals surface area contributed by atoms with Crippen LogP contribution in [0.15, 0.2) is 53.4 Å². The Labute approximate surface area is 163 Å². The van der Waals surface area contributed by atoms with Gasteiger partial charge in [0.1, 0.15) is 11.5 Å². The molecule has 0 unspecified atom stereocenters. The summed E-state index contributed by atoms with van der Waals surface area (Å²) in [5.41, 5.74) is 1.82. The van der Waals surface area contributed by atoms with E-state index in [1.165, 1.54) is 16.7 Å². The second kappa shape index (κ2) is 8.31. The summed E-state index contributed by atoms with van der Waals surface area (Å²) in [6, 6.07) is 14.7. The Kier molecular flexibility index (Phi) is 5.86. The van der Waals surface area contributed by atoms with Gasteiger partial charge in [-0.3, -0.25) is 14.5 Å². The maximum absolute atomic E-state index is 13.2. The summed E-state index contributed by atoms with van der Waals surface area (Å²) in [7, 11) is 3.13. The number of hydrogen-bond donors (Lipinski definition) is 0. The van der Waals surface area contributed by atoms with Crippen molar-refractivity contribution < 1.29 is 19.1 Å². The number of imide groups is 1. The number of thioether (sulfide) groups is 1. The summed E-state index contributed by atoms with van der Waals surface area (Å²) >= 11 is 1.38. The maximum atomic E-state index is 13.2. The van der Waals surface area contributed by atoms with Crippen LogP contribution in [-0.2, 0) is 16.1 Å². The van der Waals surface area contributed by atoms with E-state index in [1.54, 1.807) is 20.3 Å². The highest BCUT2D eigenvalue weighted by atomic mass is 32.2. The van der Waals surface area contributed by atoms with E-state index in [0.717, 1.165) is 5.56 Å². The topological polar surface area (TPSA) is 55.8 Å². The molecule has 0 fully saturated rings. The Morgan fingerprint density at radius 2 is 1.52 bits per heavy atom. The van der Waals surface area contributed by atoms with Crippen molar-refractivity contribution in [3.63, 3.8) is 0 Å². The maximum Gasteiger partial charge on any atom is 0.268 e. The van der Waals surface area contributed by atoms with E-state index < -0.39 is 0 Å². The van der Waals surface area contributed by atoms with Crippen molar-refractivity contribution in [2.24, 2.45) is 0 Å². The van der Waals surface area contributed by atoms with Gasteiger partial charge in [0.25, 0.3) is 11.8 Å². The highest BCUT2D eigenvalue weighted by molar-refractivity contribution is 8.04. The van der Waals surface area contributed by atoms with E-state index in [1.807, 2.05) is 49.4 Å². The number of carbonyl (C=O) groups excluding carboxylic acids is 2. The summed E-state index contributed by atoms with van der Waals surface area (Å²) in [5.74, 6) is 1.32. The molecule has 6 heteroatoms. The van der Waals surface area contributed by atoms with Gasteiger partial charge in [0, 0.05) is 11.1 Å². The zero-order valence-corrected chi connectivity index (χ0v) is 16.3. The minimum absolute atomic E-state index is 0.161. The minimum Gasteiger partial charge on any atom is -0.496 e. The van der Waals surface area contributed by atoms with Gasteiger partial charge >= 0.3 is 0 Å². The van der Waals surface area contributed by atoms with Crippen LogP contribution >= 0.6 is 11.8 Å². The summed E-state index contributed by atoms with van der Waals surface area (Å²) in [4.78, 5) is 28.0. The third kappa shape index (κ3) is 3.57. The van der Waals surface area contributed by atoms with Crippen molar-refractivity contribution in [3.05, 3.63) is 64.6 Å². The quantitative estimate of drug-likeness (QED) is 0.682. The normalized spacial score (nSPS) is 14.1. The Morgan fingerprint density at radius 1 is 0.889 bits per heavy atom. The number of para-hydroxylation sites is 2. The van der Waals surface area contributed by atoms with Crippen molar-refractivity contribution >= 4 is 29.1 Å². The highest BCUT2D eigenvalue weighted by Gasteiger charge is 2.40. The van der Waals surface area contributed by atoms with Crippen molar-refractivity contribution in [2.45, 2.75) is 13.5 Å². The van der Waals surface area contributed by atoms with Gasteiger partial charge < -0.3 is 9.47 Å². The first-order valence-corrected chi connectivity index (χ1v) is 9.59. The van der Waals surface area contributed by atoms with E-state index >= 15 is 0 Å². The fraction of sp³-hybridized carbons (Fsp3) is 0.238. The second-order valence-electron chi connectivity index (χ2n) is 5.85. The summed E-state index contributed by atoms with van der Waals surface area (Å²) in [5, 5.41) is 0. The second-order valence-corrected chi connectivity index (χ2v) is 7.12. The molecule has 2 aromatic carbocycles. The molecule has 27 heavy (non-hydrogen) atoms. The third-order valence-corrected chi connectivity index (χ3v) is 5.27. The van der Waals surface area contributed by atoms with E-state index in [2.05, 4.69) is 0 Å². The molecule has 0 N–H and O–H groups in total. The number of benzene rings is 2. The van der Waals surface area contributed by atoms with Crippen LogP contribution < -0.4 is 9.47 Å². The molecule has 0 aliphatic carbocycles. The van der Waals surface area contributed by atoms with Gasteiger partial charge in [-0.1, -0.05) is 43.3 Å². The van der Waals surface area contributed by atoms with E-state index in [-0.39, 0.29) is 18.4 Å². The molecule has 0 atom stereocenters. The summed E-state index contributed by atoms with van der Waals surface area (Å²) < 4.78 is 10.8. The zero-order chi connectivity index (χ0) is 19.4. The first-order valence-electron chi connectivity index (χ1n) is 8.60. The molecule has 0 bridgehead atoms. The van der Waals surface area contributed by atoms with Gasteiger partial charge in [0.05, 0.1) is 31.2 Å². The first-order chi connectivity index (χ1) is 13.1. The van der Waals surface area contributed by atoms with Gasteiger partial charge in [-0.15, -0.1) is 11.8 Å². The van der Waals surface area contributed by atoms with Crippen LogP contribution in [0, 0.1) is 0 Å². The molecule has 0 saturated carbocycles. The lowest BCUT2D eigenvalue weighted by Crippen LogP contribution is -2.31. The molecule has 2 amide bonds. The van der Waals surface area contributed by atoms with Crippen LogP contribution in [0.5, 0.6) is 11.5 Å². The molecule has 2 aromatic rings. The molecule has 0 saturated heterocycles. The number of hydrogen-bond acceptors (Lipinski definition) is 5. The predicted molar refractivity (Wildman–Crippen MR) is 107 cm³/mol. The molecule has 0 spiro atoms. The first kappa shape index (κ1) is 19.0. The SMILES string of the molecule is CCSC1=C(c2ccccc2OC)C(=O)N(Cc2ccccc2OC)C1=O. The number of nitrogens with zero attached hydrogens (tertiary/aromatic N) is 1. The van der Waals surface area contributed by atoms with Gasteiger partial charge in [-0.05, 0) is 17.9 Å². The molecule has 1 aliphatic heterocycles. The Morgan fingerprint density at radius 3 is 2.19 bits per heavy atom. The molecule has 5 nitrogen and oxygen atoms in total. The average Bonchev–Trinajstić information content (AvgIpc) is 2.93. The molecular weight excluding hydrogens is 362 g/mol. The standard InChI is InChI=1S/C21H21NO4S/c1-4-27-19-18(15-10-6-8-12-17(15)26-3)20(23)22(21(19)24)13-14-9-5-7-11-16(14)25-2/h5-12H,4,13H2,1-3H3. The third-order valence-electron chi connectivity index (χ3n) is 4.31. The Balaban J connectivity index is 2.02. The van der Waals surface area contributed by atoms with E-state index in [0.29, 0.717) is 33.3 Å². The molecule has 1 aliphatic rings. The number of carbonyl (C=O) groups is 2. The average molecular weight is 383 g/mol. The smallest absolute Gasteiger partial charge is 0.268 e. The van der Waals surface area contributed by atoms with E-state index in [4.69, 9.17) is 9.47 Å². The lowest BCUT2D eigenvalue weighted by atomic mass is 10.0. The number of rotatable bonds is 7. The molecule has 1 heterocycles. The fourth-order valence-electron chi connectivity index (χ4n) is 3.07.